The maximum absolute atomic E-state index is 12.2. The van der Waals surface area contributed by atoms with Gasteiger partial charge in [0.1, 0.15) is 6.61 Å². The highest BCUT2D eigenvalue weighted by atomic mass is 16.5. The van der Waals surface area contributed by atoms with Gasteiger partial charge >= 0.3 is 0 Å². The van der Waals surface area contributed by atoms with Gasteiger partial charge in [-0.05, 0) is 37.0 Å². The molecule has 0 spiro atoms. The molecule has 0 aromatic heterocycles. The lowest BCUT2D eigenvalue weighted by Crippen LogP contribution is -2.25. The van der Waals surface area contributed by atoms with Crippen LogP contribution in [-0.2, 0) is 0 Å². The summed E-state index contributed by atoms with van der Waals surface area (Å²) in [6, 6.07) is 5.13. The van der Waals surface area contributed by atoms with Gasteiger partial charge in [-0.15, -0.1) is 6.42 Å². The SMILES string of the molecule is C#CCOc1ccc(C(=O)NCCCC2CCCCC2)cc1OC. The van der Waals surface area contributed by atoms with Gasteiger partial charge in [-0.3, -0.25) is 4.79 Å². The minimum Gasteiger partial charge on any atom is -0.493 e. The predicted molar refractivity (Wildman–Crippen MR) is 95.5 cm³/mol. The summed E-state index contributed by atoms with van der Waals surface area (Å²) in [6.07, 6.45) is 14.3. The molecule has 1 fully saturated rings. The fraction of sp³-hybridized carbons (Fsp3) is 0.550. The first-order valence-electron chi connectivity index (χ1n) is 8.77. The third kappa shape index (κ3) is 5.49. The molecule has 0 unspecified atom stereocenters. The third-order valence-electron chi connectivity index (χ3n) is 4.54. The minimum absolute atomic E-state index is 0.0829. The first kappa shape index (κ1) is 18.2. The van der Waals surface area contributed by atoms with Gasteiger partial charge in [-0.1, -0.05) is 38.0 Å². The Balaban J connectivity index is 1.79. The van der Waals surface area contributed by atoms with Crippen molar-refractivity contribution in [3.8, 4) is 23.8 Å². The lowest BCUT2D eigenvalue weighted by molar-refractivity contribution is 0.0951. The van der Waals surface area contributed by atoms with E-state index < -0.39 is 0 Å². The van der Waals surface area contributed by atoms with E-state index in [0.29, 0.717) is 23.6 Å². The summed E-state index contributed by atoms with van der Waals surface area (Å²) in [7, 11) is 1.55. The number of benzene rings is 1. The second-order valence-electron chi connectivity index (χ2n) is 6.26. The smallest absolute Gasteiger partial charge is 0.251 e. The Kier molecular flexibility index (Phi) is 7.48. The van der Waals surface area contributed by atoms with Crippen LogP contribution >= 0.6 is 0 Å². The molecule has 1 aliphatic rings. The van der Waals surface area contributed by atoms with Gasteiger partial charge in [-0.25, -0.2) is 0 Å². The van der Waals surface area contributed by atoms with Crippen molar-refractivity contribution in [3.05, 3.63) is 23.8 Å². The summed E-state index contributed by atoms with van der Waals surface area (Å²) in [5.74, 6) is 4.24. The molecule has 0 aliphatic heterocycles. The molecule has 1 saturated carbocycles. The first-order valence-corrected chi connectivity index (χ1v) is 8.77. The Morgan fingerprint density at radius 1 is 1.29 bits per heavy atom. The zero-order chi connectivity index (χ0) is 17.2. The molecule has 0 radical (unpaired) electrons. The predicted octanol–water partition coefficient (Wildman–Crippen LogP) is 3.80. The minimum atomic E-state index is -0.0829. The lowest BCUT2D eigenvalue weighted by atomic mass is 9.86. The number of carbonyl (C=O) groups is 1. The van der Waals surface area contributed by atoms with Crippen LogP contribution in [0.4, 0.5) is 0 Å². The van der Waals surface area contributed by atoms with E-state index in [0.717, 1.165) is 12.3 Å². The molecule has 0 saturated heterocycles. The number of nitrogens with one attached hydrogen (secondary N) is 1. The molecule has 1 N–H and O–H groups in total. The Morgan fingerprint density at radius 3 is 2.79 bits per heavy atom. The number of hydrogen-bond donors (Lipinski definition) is 1. The van der Waals surface area contributed by atoms with E-state index in [9.17, 15) is 4.79 Å². The molecule has 0 bridgehead atoms. The molecule has 130 valence electrons. The largest absolute Gasteiger partial charge is 0.493 e. The summed E-state index contributed by atoms with van der Waals surface area (Å²) < 4.78 is 10.6. The van der Waals surface area contributed by atoms with Crippen LogP contribution in [0, 0.1) is 18.3 Å². The molecule has 0 atom stereocenters. The average molecular weight is 329 g/mol. The van der Waals surface area contributed by atoms with E-state index in [1.165, 1.54) is 38.5 Å². The molecule has 24 heavy (non-hydrogen) atoms. The molecule has 4 nitrogen and oxygen atoms in total. The van der Waals surface area contributed by atoms with Crippen LogP contribution in [0.5, 0.6) is 11.5 Å². The van der Waals surface area contributed by atoms with Crippen LogP contribution in [-0.4, -0.2) is 26.2 Å². The van der Waals surface area contributed by atoms with Gasteiger partial charge in [0, 0.05) is 12.1 Å². The van der Waals surface area contributed by atoms with Crippen molar-refractivity contribution in [1.29, 1.82) is 0 Å². The maximum Gasteiger partial charge on any atom is 0.251 e. The second-order valence-corrected chi connectivity index (χ2v) is 6.26. The van der Waals surface area contributed by atoms with Crippen molar-refractivity contribution in [2.75, 3.05) is 20.3 Å². The summed E-state index contributed by atoms with van der Waals surface area (Å²) in [5, 5.41) is 2.98. The van der Waals surface area contributed by atoms with E-state index in [-0.39, 0.29) is 12.5 Å². The fourth-order valence-corrected chi connectivity index (χ4v) is 3.22. The number of carbonyl (C=O) groups excluding carboxylic acids is 1. The Hall–Kier alpha value is -2.15. The van der Waals surface area contributed by atoms with Crippen LogP contribution in [0.15, 0.2) is 18.2 Å². The zero-order valence-electron chi connectivity index (χ0n) is 14.5. The van der Waals surface area contributed by atoms with Crippen LogP contribution in [0.3, 0.4) is 0 Å². The summed E-state index contributed by atoms with van der Waals surface area (Å²) in [5.41, 5.74) is 0.567. The van der Waals surface area contributed by atoms with E-state index in [2.05, 4.69) is 11.2 Å². The Morgan fingerprint density at radius 2 is 2.08 bits per heavy atom. The number of amides is 1. The standard InChI is InChI=1S/C20H27NO3/c1-3-14-24-18-12-11-17(15-19(18)23-2)20(22)21-13-7-10-16-8-5-4-6-9-16/h1,11-12,15-16H,4-10,13-14H2,2H3,(H,21,22). The molecule has 1 aromatic carbocycles. The number of hydrogen-bond acceptors (Lipinski definition) is 3. The molecule has 4 heteroatoms. The molecule has 1 aromatic rings. The molecule has 1 aliphatic carbocycles. The molecule has 1 amide bonds. The van der Waals surface area contributed by atoms with Crippen molar-refractivity contribution >= 4 is 5.91 Å². The summed E-state index contributed by atoms with van der Waals surface area (Å²) >= 11 is 0. The van der Waals surface area contributed by atoms with Crippen molar-refractivity contribution in [3.63, 3.8) is 0 Å². The summed E-state index contributed by atoms with van der Waals surface area (Å²) in [4.78, 5) is 12.2. The van der Waals surface area contributed by atoms with E-state index >= 15 is 0 Å². The van der Waals surface area contributed by atoms with Gasteiger partial charge in [0.25, 0.3) is 5.91 Å². The number of rotatable bonds is 8. The first-order chi connectivity index (χ1) is 11.7. The van der Waals surface area contributed by atoms with Crippen molar-refractivity contribution < 1.29 is 14.3 Å². The second kappa shape index (κ2) is 9.87. The number of terminal acetylenes is 1. The van der Waals surface area contributed by atoms with Crippen molar-refractivity contribution in [2.24, 2.45) is 5.92 Å². The lowest BCUT2D eigenvalue weighted by Gasteiger charge is -2.21. The molecular formula is C20H27NO3. The fourth-order valence-electron chi connectivity index (χ4n) is 3.22. The molecule has 2 rings (SSSR count). The Labute approximate surface area is 144 Å². The van der Waals surface area contributed by atoms with Gasteiger partial charge in [0.15, 0.2) is 11.5 Å². The van der Waals surface area contributed by atoms with Crippen LogP contribution < -0.4 is 14.8 Å². The molecule has 0 heterocycles. The molecular weight excluding hydrogens is 302 g/mol. The normalized spacial score (nSPS) is 14.7. The Bertz CT molecular complexity index is 571. The highest BCUT2D eigenvalue weighted by Gasteiger charge is 2.14. The zero-order valence-corrected chi connectivity index (χ0v) is 14.5. The highest BCUT2D eigenvalue weighted by Crippen LogP contribution is 2.28. The van der Waals surface area contributed by atoms with Gasteiger partial charge in [0.2, 0.25) is 0 Å². The monoisotopic (exact) mass is 329 g/mol. The van der Waals surface area contributed by atoms with Gasteiger partial charge in [-0.2, -0.15) is 0 Å². The van der Waals surface area contributed by atoms with Gasteiger partial charge in [0.05, 0.1) is 7.11 Å². The van der Waals surface area contributed by atoms with Crippen molar-refractivity contribution in [1.82, 2.24) is 5.32 Å². The average Bonchev–Trinajstić information content (AvgIpc) is 2.64. The van der Waals surface area contributed by atoms with E-state index in [1.807, 2.05) is 0 Å². The number of ether oxygens (including phenoxy) is 2. The topological polar surface area (TPSA) is 47.6 Å². The van der Waals surface area contributed by atoms with E-state index in [1.54, 1.807) is 25.3 Å². The number of methoxy groups -OCH3 is 1. The van der Waals surface area contributed by atoms with Crippen LogP contribution in [0.25, 0.3) is 0 Å². The van der Waals surface area contributed by atoms with Crippen LogP contribution in [0.1, 0.15) is 55.3 Å². The third-order valence-corrected chi connectivity index (χ3v) is 4.54. The highest BCUT2D eigenvalue weighted by molar-refractivity contribution is 5.94. The van der Waals surface area contributed by atoms with Gasteiger partial charge < -0.3 is 14.8 Å². The summed E-state index contributed by atoms with van der Waals surface area (Å²) in [6.45, 7) is 0.885. The quantitative estimate of drug-likeness (QED) is 0.583. The maximum atomic E-state index is 12.2. The van der Waals surface area contributed by atoms with E-state index in [4.69, 9.17) is 15.9 Å². The van der Waals surface area contributed by atoms with Crippen molar-refractivity contribution in [2.45, 2.75) is 44.9 Å². The van der Waals surface area contributed by atoms with Crippen LogP contribution in [0.2, 0.25) is 0 Å².